The van der Waals surface area contributed by atoms with Gasteiger partial charge in [0.25, 0.3) is 0 Å². The highest BCUT2D eigenvalue weighted by Crippen LogP contribution is 2.37. The van der Waals surface area contributed by atoms with Crippen LogP contribution in [0.1, 0.15) is 55.8 Å². The molecule has 2 aromatic heterocycles. The van der Waals surface area contributed by atoms with Crippen LogP contribution in [-0.2, 0) is 4.74 Å². The van der Waals surface area contributed by atoms with Crippen molar-refractivity contribution in [3.63, 3.8) is 0 Å². The van der Waals surface area contributed by atoms with Crippen molar-refractivity contribution in [2.45, 2.75) is 45.4 Å². The predicted molar refractivity (Wildman–Crippen MR) is 126 cm³/mol. The second-order valence-electron chi connectivity index (χ2n) is 7.13. The van der Waals surface area contributed by atoms with Crippen molar-refractivity contribution in [3.8, 4) is 20.2 Å². The Hall–Kier alpha value is -2.11. The molecule has 5 heteroatoms. The fraction of sp³-hybridized carbons (Fsp3) is 0.375. The molecule has 29 heavy (non-hydrogen) atoms. The van der Waals surface area contributed by atoms with Crippen molar-refractivity contribution < 1.29 is 9.53 Å². The number of benzene rings is 1. The highest BCUT2D eigenvalue weighted by atomic mass is 32.1. The van der Waals surface area contributed by atoms with Crippen LogP contribution in [0.5, 0.6) is 0 Å². The van der Waals surface area contributed by atoms with Gasteiger partial charge < -0.3 is 10.1 Å². The molecule has 154 valence electrons. The van der Waals surface area contributed by atoms with Gasteiger partial charge in [-0.25, -0.2) is 4.79 Å². The number of carbonyl (C=O) groups is 1. The van der Waals surface area contributed by atoms with Gasteiger partial charge in [-0.1, -0.05) is 45.1 Å². The third-order valence-corrected chi connectivity index (χ3v) is 7.07. The van der Waals surface area contributed by atoms with Crippen molar-refractivity contribution in [2.24, 2.45) is 0 Å². The molecule has 0 saturated heterocycles. The SMILES string of the molecule is CCCCCCCCNc1cc(C(=O)OC)cc(-c2ccc(-c3cccs3)s2)c1. The summed E-state index contributed by atoms with van der Waals surface area (Å²) in [6, 6.07) is 14.4. The van der Waals surface area contributed by atoms with Gasteiger partial charge in [0.15, 0.2) is 0 Å². The number of hydrogen-bond donors (Lipinski definition) is 1. The summed E-state index contributed by atoms with van der Waals surface area (Å²) in [5, 5.41) is 5.59. The molecular weight excluding hydrogens is 398 g/mol. The van der Waals surface area contributed by atoms with Crippen molar-refractivity contribution >= 4 is 34.3 Å². The van der Waals surface area contributed by atoms with Crippen molar-refractivity contribution in [1.82, 2.24) is 0 Å². The van der Waals surface area contributed by atoms with Crippen LogP contribution in [0.25, 0.3) is 20.2 Å². The highest BCUT2D eigenvalue weighted by molar-refractivity contribution is 7.23. The van der Waals surface area contributed by atoms with Gasteiger partial charge in [-0.15, -0.1) is 22.7 Å². The molecule has 0 spiro atoms. The summed E-state index contributed by atoms with van der Waals surface area (Å²) in [4.78, 5) is 15.8. The van der Waals surface area contributed by atoms with Crippen LogP contribution in [0.4, 0.5) is 5.69 Å². The lowest BCUT2D eigenvalue weighted by Gasteiger charge is -2.11. The first-order chi connectivity index (χ1) is 14.2. The number of hydrogen-bond acceptors (Lipinski definition) is 5. The third kappa shape index (κ3) is 6.18. The number of ether oxygens (including phenoxy) is 1. The molecule has 0 unspecified atom stereocenters. The molecular formula is C24H29NO2S2. The first kappa shape index (κ1) is 21.6. The van der Waals surface area contributed by atoms with E-state index in [9.17, 15) is 4.79 Å². The van der Waals surface area contributed by atoms with E-state index in [-0.39, 0.29) is 5.97 Å². The Morgan fingerprint density at radius 1 is 0.966 bits per heavy atom. The minimum atomic E-state index is -0.301. The summed E-state index contributed by atoms with van der Waals surface area (Å²) in [6.45, 7) is 3.16. The number of nitrogens with one attached hydrogen (secondary N) is 1. The average Bonchev–Trinajstić information content (AvgIpc) is 3.44. The molecule has 0 aliphatic heterocycles. The number of methoxy groups -OCH3 is 1. The summed E-state index contributed by atoms with van der Waals surface area (Å²) >= 11 is 3.49. The smallest absolute Gasteiger partial charge is 0.337 e. The predicted octanol–water partition coefficient (Wildman–Crippen LogP) is 7.70. The molecule has 3 rings (SSSR count). The Morgan fingerprint density at radius 3 is 2.52 bits per heavy atom. The van der Waals surface area contributed by atoms with Gasteiger partial charge in [-0.05, 0) is 53.8 Å². The Labute approximate surface area is 181 Å². The van der Waals surface area contributed by atoms with Crippen molar-refractivity contribution in [1.29, 1.82) is 0 Å². The Bertz CT molecular complexity index is 900. The lowest BCUT2D eigenvalue weighted by atomic mass is 10.1. The number of rotatable bonds is 11. The summed E-state index contributed by atoms with van der Waals surface area (Å²) < 4.78 is 4.97. The van der Waals surface area contributed by atoms with Gasteiger partial charge in [-0.2, -0.15) is 0 Å². The van der Waals surface area contributed by atoms with Crippen LogP contribution in [-0.4, -0.2) is 19.6 Å². The fourth-order valence-electron chi connectivity index (χ4n) is 3.29. The third-order valence-electron chi connectivity index (χ3n) is 4.87. The van der Waals surface area contributed by atoms with Crippen LogP contribution in [0, 0.1) is 0 Å². The number of thiophene rings is 2. The second-order valence-corrected chi connectivity index (χ2v) is 9.16. The summed E-state index contributed by atoms with van der Waals surface area (Å²) in [6.07, 6.45) is 7.60. The average molecular weight is 428 g/mol. The minimum absolute atomic E-state index is 0.301. The quantitative estimate of drug-likeness (QED) is 0.252. The van der Waals surface area contributed by atoms with Gasteiger partial charge in [0.1, 0.15) is 0 Å². The van der Waals surface area contributed by atoms with E-state index in [0.717, 1.165) is 29.1 Å². The standard InChI is InChI=1S/C24H29NO2S2/c1-3-4-5-6-7-8-13-25-20-16-18(15-19(17-20)24(26)27-2)21-11-12-23(29-21)22-10-9-14-28-22/h9-12,14-17,25H,3-8,13H2,1-2H3. The molecule has 0 saturated carbocycles. The molecule has 0 fully saturated rings. The van der Waals surface area contributed by atoms with E-state index in [2.05, 4.69) is 48.0 Å². The van der Waals surface area contributed by atoms with Crippen LogP contribution >= 0.6 is 22.7 Å². The Kier molecular flexibility index (Phi) is 8.32. The summed E-state index contributed by atoms with van der Waals surface area (Å²) in [5.41, 5.74) is 2.61. The van der Waals surface area contributed by atoms with E-state index in [0.29, 0.717) is 5.56 Å². The monoisotopic (exact) mass is 427 g/mol. The second kappa shape index (κ2) is 11.2. The summed E-state index contributed by atoms with van der Waals surface area (Å²) in [5.74, 6) is -0.301. The molecule has 0 bridgehead atoms. The fourth-order valence-corrected chi connectivity index (χ4v) is 5.12. The largest absolute Gasteiger partial charge is 0.465 e. The number of unbranched alkanes of at least 4 members (excludes halogenated alkanes) is 5. The summed E-state index contributed by atoms with van der Waals surface area (Å²) in [7, 11) is 1.43. The molecule has 1 aromatic carbocycles. The van der Waals surface area contributed by atoms with Crippen LogP contribution in [0.2, 0.25) is 0 Å². The molecule has 3 nitrogen and oxygen atoms in total. The van der Waals surface area contributed by atoms with E-state index in [1.54, 1.807) is 22.7 Å². The molecule has 2 heterocycles. The van der Waals surface area contributed by atoms with E-state index < -0.39 is 0 Å². The molecule has 0 aliphatic carbocycles. The Morgan fingerprint density at radius 2 is 1.76 bits per heavy atom. The van der Waals surface area contributed by atoms with Gasteiger partial charge in [0.2, 0.25) is 0 Å². The number of anilines is 1. The van der Waals surface area contributed by atoms with E-state index in [1.807, 2.05) is 12.1 Å². The zero-order chi connectivity index (χ0) is 20.5. The van der Waals surface area contributed by atoms with E-state index >= 15 is 0 Å². The first-order valence-corrected chi connectivity index (χ1v) is 12.0. The topological polar surface area (TPSA) is 38.3 Å². The maximum Gasteiger partial charge on any atom is 0.337 e. The molecule has 0 radical (unpaired) electrons. The van der Waals surface area contributed by atoms with Crippen LogP contribution in [0.3, 0.4) is 0 Å². The number of esters is 1. The van der Waals surface area contributed by atoms with Crippen molar-refractivity contribution in [2.75, 3.05) is 19.0 Å². The number of carbonyl (C=O) groups excluding carboxylic acids is 1. The Balaban J connectivity index is 1.71. The zero-order valence-corrected chi connectivity index (χ0v) is 18.8. The normalized spacial score (nSPS) is 10.8. The van der Waals surface area contributed by atoms with E-state index in [1.165, 1.54) is 49.0 Å². The molecule has 0 amide bonds. The van der Waals surface area contributed by atoms with Crippen molar-refractivity contribution in [3.05, 3.63) is 53.4 Å². The van der Waals surface area contributed by atoms with Gasteiger partial charge >= 0.3 is 5.97 Å². The van der Waals surface area contributed by atoms with Gasteiger partial charge in [0, 0.05) is 26.9 Å². The highest BCUT2D eigenvalue weighted by Gasteiger charge is 2.12. The maximum absolute atomic E-state index is 12.2. The molecule has 0 aliphatic rings. The minimum Gasteiger partial charge on any atom is -0.465 e. The zero-order valence-electron chi connectivity index (χ0n) is 17.2. The molecule has 1 N–H and O–H groups in total. The lowest BCUT2D eigenvalue weighted by molar-refractivity contribution is 0.0601. The maximum atomic E-state index is 12.2. The van der Waals surface area contributed by atoms with Gasteiger partial charge in [0.05, 0.1) is 12.7 Å². The van der Waals surface area contributed by atoms with Crippen LogP contribution in [0.15, 0.2) is 47.8 Å². The lowest BCUT2D eigenvalue weighted by Crippen LogP contribution is -2.05. The molecule has 3 aromatic rings. The van der Waals surface area contributed by atoms with E-state index in [4.69, 9.17) is 4.74 Å². The molecule has 0 atom stereocenters. The van der Waals surface area contributed by atoms with Gasteiger partial charge in [-0.3, -0.25) is 0 Å². The first-order valence-electron chi connectivity index (χ1n) is 10.3. The van der Waals surface area contributed by atoms with Crippen LogP contribution < -0.4 is 5.32 Å².